The zero-order chi connectivity index (χ0) is 23.7. The van der Waals surface area contributed by atoms with Crippen LogP contribution >= 0.6 is 0 Å². The minimum Gasteiger partial charge on any atom is -0.390 e. The summed E-state index contributed by atoms with van der Waals surface area (Å²) in [5, 5.41) is 36.5. The predicted molar refractivity (Wildman–Crippen MR) is 124 cm³/mol. The van der Waals surface area contributed by atoms with Gasteiger partial charge in [0.1, 0.15) is 11.8 Å². The molecule has 0 aromatic carbocycles. The van der Waals surface area contributed by atoms with Crippen LogP contribution in [-0.4, -0.2) is 64.7 Å². The molecule has 174 valence electrons. The molecule has 5 heterocycles. The monoisotopic (exact) mass is 459 g/mol. The maximum Gasteiger partial charge on any atom is 0.164 e. The van der Waals surface area contributed by atoms with Crippen molar-refractivity contribution in [1.82, 2.24) is 34.7 Å². The lowest BCUT2D eigenvalue weighted by molar-refractivity contribution is 0.0711. The van der Waals surface area contributed by atoms with E-state index in [1.807, 2.05) is 12.3 Å². The number of hydrogen-bond acceptors (Lipinski definition) is 9. The smallest absolute Gasteiger partial charge is 0.164 e. The van der Waals surface area contributed by atoms with Crippen molar-refractivity contribution in [3.8, 4) is 17.6 Å². The van der Waals surface area contributed by atoms with Crippen LogP contribution in [0.25, 0.3) is 22.5 Å². The summed E-state index contributed by atoms with van der Waals surface area (Å²) < 4.78 is 8.87. The van der Waals surface area contributed by atoms with Crippen LogP contribution in [0.15, 0.2) is 36.9 Å². The van der Waals surface area contributed by atoms with Gasteiger partial charge in [0.25, 0.3) is 0 Å². The summed E-state index contributed by atoms with van der Waals surface area (Å²) in [6.45, 7) is 4.89. The van der Waals surface area contributed by atoms with E-state index in [2.05, 4.69) is 36.8 Å². The average Bonchev–Trinajstić information content (AvgIpc) is 3.58. The summed E-state index contributed by atoms with van der Waals surface area (Å²) in [6.07, 6.45) is 8.86. The van der Waals surface area contributed by atoms with Crippen molar-refractivity contribution in [2.75, 3.05) is 18.5 Å². The first-order chi connectivity index (χ1) is 16.4. The van der Waals surface area contributed by atoms with Crippen LogP contribution in [-0.2, 0) is 11.2 Å². The van der Waals surface area contributed by atoms with E-state index in [4.69, 9.17) is 10.00 Å². The standard InChI is InChI=1S/C23H25N9O2/c1-23(2,33)5-3-17-13-31(30-29-17)20-12-25-21(8-19(20)28-18-4-6-34-14-18)32-22-16(11-27-32)7-15(9-24)10-26-22/h7-8,10-13,18,33H,3-6,14H2,1-2H3,(H,25,28)/t18-/m0/s1. The lowest BCUT2D eigenvalue weighted by Crippen LogP contribution is -2.21. The van der Waals surface area contributed by atoms with Gasteiger partial charge in [-0.3, -0.25) is 0 Å². The van der Waals surface area contributed by atoms with Crippen LogP contribution in [0, 0.1) is 11.3 Å². The van der Waals surface area contributed by atoms with Gasteiger partial charge in [0, 0.05) is 24.3 Å². The van der Waals surface area contributed by atoms with Gasteiger partial charge in [0.15, 0.2) is 11.5 Å². The Hall–Kier alpha value is -3.88. The second-order valence-corrected chi connectivity index (χ2v) is 9.04. The molecule has 0 unspecified atom stereocenters. The van der Waals surface area contributed by atoms with Gasteiger partial charge in [0.05, 0.1) is 53.8 Å². The number of rotatable bonds is 7. The zero-order valence-electron chi connectivity index (χ0n) is 19.0. The van der Waals surface area contributed by atoms with Gasteiger partial charge in [-0.2, -0.15) is 15.0 Å². The molecule has 0 aliphatic carbocycles. The molecule has 2 N–H and O–H groups in total. The number of nitriles is 1. The first-order valence-corrected chi connectivity index (χ1v) is 11.1. The van der Waals surface area contributed by atoms with E-state index in [0.29, 0.717) is 43.1 Å². The van der Waals surface area contributed by atoms with Crippen LogP contribution in [0.3, 0.4) is 0 Å². The SMILES string of the molecule is CC(C)(O)CCc1cn(-c2cnc(-n3ncc4cc(C#N)cnc43)cc2N[C@H]2CCOC2)nn1. The number of nitrogens with zero attached hydrogens (tertiary/aromatic N) is 8. The van der Waals surface area contributed by atoms with Gasteiger partial charge in [-0.05, 0) is 39.2 Å². The third kappa shape index (κ3) is 4.59. The highest BCUT2D eigenvalue weighted by Gasteiger charge is 2.20. The Morgan fingerprint density at radius 3 is 2.91 bits per heavy atom. The molecule has 1 aliphatic heterocycles. The Balaban J connectivity index is 1.51. The molecule has 11 heteroatoms. The van der Waals surface area contributed by atoms with E-state index in [9.17, 15) is 5.11 Å². The van der Waals surface area contributed by atoms with Crippen molar-refractivity contribution in [2.45, 2.75) is 44.8 Å². The highest BCUT2D eigenvalue weighted by atomic mass is 16.5. The maximum absolute atomic E-state index is 10.0. The summed E-state index contributed by atoms with van der Waals surface area (Å²) in [7, 11) is 0. The number of hydrogen-bond donors (Lipinski definition) is 2. The first-order valence-electron chi connectivity index (χ1n) is 11.1. The Bertz CT molecular complexity index is 1360. The minimum atomic E-state index is -0.767. The molecule has 1 saturated heterocycles. The summed E-state index contributed by atoms with van der Waals surface area (Å²) in [6, 6.07) is 5.91. The predicted octanol–water partition coefficient (Wildman–Crippen LogP) is 2.17. The topological polar surface area (TPSA) is 140 Å². The van der Waals surface area contributed by atoms with Crippen molar-refractivity contribution < 1.29 is 9.84 Å². The summed E-state index contributed by atoms with van der Waals surface area (Å²) in [5.41, 5.74) is 2.67. The van der Waals surface area contributed by atoms with Crippen LogP contribution < -0.4 is 5.32 Å². The van der Waals surface area contributed by atoms with E-state index in [-0.39, 0.29) is 6.04 Å². The van der Waals surface area contributed by atoms with Crippen molar-refractivity contribution in [1.29, 1.82) is 5.26 Å². The first kappa shape index (κ1) is 21.9. The number of pyridine rings is 2. The van der Waals surface area contributed by atoms with Crippen LogP contribution in [0.2, 0.25) is 0 Å². The molecular formula is C23H25N9O2. The van der Waals surface area contributed by atoms with Crippen LogP contribution in [0.1, 0.15) is 37.9 Å². The molecule has 4 aromatic heterocycles. The lowest BCUT2D eigenvalue weighted by atomic mass is 10.0. The number of fused-ring (bicyclic) bond motifs is 1. The summed E-state index contributed by atoms with van der Waals surface area (Å²) in [4.78, 5) is 9.01. The van der Waals surface area contributed by atoms with Gasteiger partial charge in [0.2, 0.25) is 0 Å². The van der Waals surface area contributed by atoms with Gasteiger partial charge in [-0.25, -0.2) is 14.6 Å². The normalized spacial score (nSPS) is 16.1. The van der Waals surface area contributed by atoms with Crippen LogP contribution in [0.5, 0.6) is 0 Å². The van der Waals surface area contributed by atoms with Gasteiger partial charge in [-0.1, -0.05) is 5.21 Å². The Morgan fingerprint density at radius 1 is 1.26 bits per heavy atom. The molecule has 5 rings (SSSR count). The molecule has 0 radical (unpaired) electrons. The zero-order valence-corrected chi connectivity index (χ0v) is 19.0. The minimum absolute atomic E-state index is 0.165. The van der Waals surface area contributed by atoms with E-state index >= 15 is 0 Å². The highest BCUT2D eigenvalue weighted by Crippen LogP contribution is 2.26. The molecule has 11 nitrogen and oxygen atoms in total. The fourth-order valence-electron chi connectivity index (χ4n) is 3.83. The van der Waals surface area contributed by atoms with Gasteiger partial charge in [-0.15, -0.1) is 5.10 Å². The molecule has 0 saturated carbocycles. The van der Waals surface area contributed by atoms with E-state index in [1.54, 1.807) is 41.7 Å². The Morgan fingerprint density at radius 2 is 2.15 bits per heavy atom. The molecule has 0 bridgehead atoms. The highest BCUT2D eigenvalue weighted by molar-refractivity contribution is 5.77. The fraction of sp³-hybridized carbons (Fsp3) is 0.391. The molecule has 4 aromatic rings. The van der Waals surface area contributed by atoms with Crippen molar-refractivity contribution >= 4 is 16.7 Å². The molecule has 1 fully saturated rings. The lowest BCUT2D eigenvalue weighted by Gasteiger charge is -2.17. The fourth-order valence-corrected chi connectivity index (χ4v) is 3.83. The molecule has 0 spiro atoms. The number of ether oxygens (including phenoxy) is 1. The third-order valence-corrected chi connectivity index (χ3v) is 5.69. The van der Waals surface area contributed by atoms with Crippen molar-refractivity contribution in [3.05, 3.63) is 48.2 Å². The van der Waals surface area contributed by atoms with Crippen molar-refractivity contribution in [2.24, 2.45) is 0 Å². The van der Waals surface area contributed by atoms with E-state index < -0.39 is 5.60 Å². The van der Waals surface area contributed by atoms with Gasteiger partial charge < -0.3 is 15.2 Å². The number of nitrogens with one attached hydrogen (secondary N) is 1. The molecule has 34 heavy (non-hydrogen) atoms. The van der Waals surface area contributed by atoms with Crippen molar-refractivity contribution in [3.63, 3.8) is 0 Å². The average molecular weight is 460 g/mol. The maximum atomic E-state index is 10.0. The number of anilines is 1. The number of aromatic nitrogens is 7. The Labute approximate surface area is 196 Å². The second-order valence-electron chi connectivity index (χ2n) is 9.04. The summed E-state index contributed by atoms with van der Waals surface area (Å²) >= 11 is 0. The van der Waals surface area contributed by atoms with Crippen LogP contribution in [0.4, 0.5) is 5.69 Å². The van der Waals surface area contributed by atoms with Gasteiger partial charge >= 0.3 is 0 Å². The third-order valence-electron chi connectivity index (χ3n) is 5.69. The number of aliphatic hydroxyl groups is 1. The van der Waals surface area contributed by atoms with E-state index in [1.165, 1.54) is 6.20 Å². The molecular weight excluding hydrogens is 434 g/mol. The summed E-state index contributed by atoms with van der Waals surface area (Å²) in [5.74, 6) is 0.583. The Kier molecular flexibility index (Phi) is 5.69. The molecule has 1 aliphatic rings. The second kappa shape index (κ2) is 8.81. The number of aryl methyl sites for hydroxylation is 1. The van der Waals surface area contributed by atoms with E-state index in [0.717, 1.165) is 28.9 Å². The quantitative estimate of drug-likeness (QED) is 0.425. The largest absolute Gasteiger partial charge is 0.390 e. The molecule has 1 atom stereocenters. The molecule has 0 amide bonds.